The minimum absolute atomic E-state index is 0.285. The van der Waals surface area contributed by atoms with Crippen molar-refractivity contribution < 1.29 is 14.2 Å². The van der Waals surface area contributed by atoms with E-state index in [1.165, 1.54) is 0 Å². The highest BCUT2D eigenvalue weighted by Crippen LogP contribution is 2.43. The Labute approximate surface area is 134 Å². The van der Waals surface area contributed by atoms with Crippen molar-refractivity contribution in [2.24, 2.45) is 0 Å². The number of hydrogen-bond acceptors (Lipinski definition) is 3. The lowest BCUT2D eigenvalue weighted by Gasteiger charge is -2.18. The molecule has 1 atom stereocenters. The molecule has 2 aromatic rings. The van der Waals surface area contributed by atoms with E-state index in [9.17, 15) is 0 Å². The van der Waals surface area contributed by atoms with Gasteiger partial charge in [0.1, 0.15) is 23.9 Å². The van der Waals surface area contributed by atoms with E-state index in [2.05, 4.69) is 5.92 Å². The molecule has 0 amide bonds. The van der Waals surface area contributed by atoms with Crippen LogP contribution >= 0.6 is 11.6 Å². The minimum Gasteiger partial charge on any atom is -0.497 e. The smallest absolute Gasteiger partial charge is 0.127 e. The molecule has 0 spiro atoms. The predicted molar refractivity (Wildman–Crippen MR) is 86.0 cm³/mol. The van der Waals surface area contributed by atoms with Gasteiger partial charge < -0.3 is 14.2 Å². The maximum atomic E-state index is 6.13. The van der Waals surface area contributed by atoms with Gasteiger partial charge in [0.15, 0.2) is 0 Å². The molecular weight excluding hydrogens is 300 g/mol. The maximum absolute atomic E-state index is 6.13. The van der Waals surface area contributed by atoms with Crippen LogP contribution in [-0.4, -0.2) is 14.2 Å². The van der Waals surface area contributed by atoms with E-state index in [1.807, 2.05) is 24.3 Å². The van der Waals surface area contributed by atoms with Crippen molar-refractivity contribution in [2.75, 3.05) is 14.2 Å². The van der Waals surface area contributed by atoms with Crippen LogP contribution in [0.15, 0.2) is 30.3 Å². The van der Waals surface area contributed by atoms with Gasteiger partial charge in [-0.3, -0.25) is 0 Å². The van der Waals surface area contributed by atoms with E-state index >= 15 is 0 Å². The highest BCUT2D eigenvalue weighted by molar-refractivity contribution is 6.30. The van der Waals surface area contributed by atoms with Gasteiger partial charge in [-0.2, -0.15) is 0 Å². The fourth-order valence-electron chi connectivity index (χ4n) is 2.75. The van der Waals surface area contributed by atoms with Crippen LogP contribution in [0.1, 0.15) is 22.6 Å². The van der Waals surface area contributed by atoms with E-state index in [0.717, 1.165) is 22.4 Å². The van der Waals surface area contributed by atoms with Gasteiger partial charge in [-0.1, -0.05) is 17.5 Å². The Hall–Kier alpha value is -2.31. The van der Waals surface area contributed by atoms with Crippen molar-refractivity contribution in [1.82, 2.24) is 0 Å². The van der Waals surface area contributed by atoms with Crippen LogP contribution in [0.3, 0.4) is 0 Å². The second-order valence-corrected chi connectivity index (χ2v) is 5.41. The zero-order chi connectivity index (χ0) is 15.7. The van der Waals surface area contributed by atoms with Crippen molar-refractivity contribution in [1.29, 1.82) is 0 Å². The zero-order valence-electron chi connectivity index (χ0n) is 12.4. The fourth-order valence-corrected chi connectivity index (χ4v) is 2.93. The Morgan fingerprint density at radius 1 is 1.23 bits per heavy atom. The average Bonchev–Trinajstić information content (AvgIpc) is 2.69. The van der Waals surface area contributed by atoms with Crippen molar-refractivity contribution in [3.05, 3.63) is 52.0 Å². The van der Waals surface area contributed by atoms with E-state index in [4.69, 9.17) is 32.2 Å². The van der Waals surface area contributed by atoms with Crippen LogP contribution in [-0.2, 0) is 6.61 Å². The molecule has 3 nitrogen and oxygen atoms in total. The SMILES string of the molecule is C#CC1c2cc(Cl)ccc2OCc2cc(OC)cc(OC)c21. The molecule has 0 aliphatic carbocycles. The first-order valence-corrected chi connectivity index (χ1v) is 7.19. The Kier molecular flexibility index (Phi) is 3.87. The Morgan fingerprint density at radius 3 is 2.73 bits per heavy atom. The number of hydrogen-bond donors (Lipinski definition) is 0. The van der Waals surface area contributed by atoms with Gasteiger partial charge in [-0.15, -0.1) is 6.42 Å². The lowest BCUT2D eigenvalue weighted by Crippen LogP contribution is -2.04. The lowest BCUT2D eigenvalue weighted by molar-refractivity contribution is 0.305. The molecule has 1 aliphatic heterocycles. The number of fused-ring (bicyclic) bond motifs is 2. The number of terminal acetylenes is 1. The molecule has 1 heterocycles. The van der Waals surface area contributed by atoms with Gasteiger partial charge in [0, 0.05) is 27.8 Å². The summed E-state index contributed by atoms with van der Waals surface area (Å²) in [6.07, 6.45) is 5.81. The summed E-state index contributed by atoms with van der Waals surface area (Å²) in [5, 5.41) is 0.624. The summed E-state index contributed by atoms with van der Waals surface area (Å²) in [6, 6.07) is 9.24. The third-order valence-corrected chi connectivity index (χ3v) is 4.01. The molecule has 1 unspecified atom stereocenters. The molecule has 0 bridgehead atoms. The first-order chi connectivity index (χ1) is 10.7. The Bertz CT molecular complexity index is 762. The molecule has 2 aromatic carbocycles. The molecule has 0 radical (unpaired) electrons. The topological polar surface area (TPSA) is 27.7 Å². The van der Waals surface area contributed by atoms with Crippen molar-refractivity contribution in [3.63, 3.8) is 0 Å². The van der Waals surface area contributed by atoms with Gasteiger partial charge in [0.05, 0.1) is 20.1 Å². The molecule has 0 saturated heterocycles. The summed E-state index contributed by atoms with van der Waals surface area (Å²) in [7, 11) is 3.24. The average molecular weight is 315 g/mol. The van der Waals surface area contributed by atoms with Crippen molar-refractivity contribution in [3.8, 4) is 29.6 Å². The second kappa shape index (κ2) is 5.82. The van der Waals surface area contributed by atoms with Gasteiger partial charge in [0.25, 0.3) is 0 Å². The summed E-state index contributed by atoms with van der Waals surface area (Å²) in [6.45, 7) is 0.399. The van der Waals surface area contributed by atoms with E-state index < -0.39 is 0 Å². The first kappa shape index (κ1) is 14.6. The summed E-state index contributed by atoms with van der Waals surface area (Å²) < 4.78 is 16.7. The third-order valence-electron chi connectivity index (χ3n) is 3.78. The number of halogens is 1. The molecule has 112 valence electrons. The number of ether oxygens (including phenoxy) is 3. The van der Waals surface area contributed by atoms with Crippen LogP contribution in [0.2, 0.25) is 5.02 Å². The summed E-state index contributed by atoms with van der Waals surface area (Å²) in [4.78, 5) is 0. The van der Waals surface area contributed by atoms with Crippen LogP contribution in [0.5, 0.6) is 17.2 Å². The monoisotopic (exact) mass is 314 g/mol. The van der Waals surface area contributed by atoms with Crippen molar-refractivity contribution >= 4 is 11.6 Å². The van der Waals surface area contributed by atoms with Crippen LogP contribution in [0, 0.1) is 12.3 Å². The van der Waals surface area contributed by atoms with Crippen molar-refractivity contribution in [2.45, 2.75) is 12.5 Å². The quantitative estimate of drug-likeness (QED) is 0.784. The van der Waals surface area contributed by atoms with E-state index in [0.29, 0.717) is 23.1 Å². The summed E-state index contributed by atoms with van der Waals surface area (Å²) in [5.74, 6) is 4.69. The predicted octanol–water partition coefficient (Wildman–Crippen LogP) is 4.01. The van der Waals surface area contributed by atoms with Gasteiger partial charge in [0.2, 0.25) is 0 Å². The molecular formula is C18H15ClO3. The van der Waals surface area contributed by atoms with Gasteiger partial charge in [-0.25, -0.2) is 0 Å². The lowest BCUT2D eigenvalue weighted by atomic mass is 9.88. The third kappa shape index (κ3) is 2.36. The second-order valence-electron chi connectivity index (χ2n) is 4.97. The normalized spacial score (nSPS) is 15.6. The fraction of sp³-hybridized carbons (Fsp3) is 0.222. The van der Waals surface area contributed by atoms with Crippen LogP contribution < -0.4 is 14.2 Å². The molecule has 0 fully saturated rings. The Morgan fingerprint density at radius 2 is 2.05 bits per heavy atom. The summed E-state index contributed by atoms with van der Waals surface area (Å²) >= 11 is 6.13. The number of benzene rings is 2. The molecule has 3 rings (SSSR count). The highest BCUT2D eigenvalue weighted by atomic mass is 35.5. The number of methoxy groups -OCH3 is 2. The highest BCUT2D eigenvalue weighted by Gasteiger charge is 2.27. The van der Waals surface area contributed by atoms with Gasteiger partial charge in [-0.05, 0) is 24.3 Å². The largest absolute Gasteiger partial charge is 0.497 e. The zero-order valence-corrected chi connectivity index (χ0v) is 13.1. The van der Waals surface area contributed by atoms with Crippen LogP contribution in [0.25, 0.3) is 0 Å². The Balaban J connectivity index is 2.26. The molecule has 0 saturated carbocycles. The molecule has 0 N–H and O–H groups in total. The van der Waals surface area contributed by atoms with Gasteiger partial charge >= 0.3 is 0 Å². The van der Waals surface area contributed by atoms with E-state index in [-0.39, 0.29) is 5.92 Å². The van der Waals surface area contributed by atoms with E-state index in [1.54, 1.807) is 20.3 Å². The molecule has 1 aliphatic rings. The maximum Gasteiger partial charge on any atom is 0.127 e. The molecule has 0 aromatic heterocycles. The molecule has 22 heavy (non-hydrogen) atoms. The first-order valence-electron chi connectivity index (χ1n) is 6.81. The summed E-state index contributed by atoms with van der Waals surface area (Å²) in [5.41, 5.74) is 2.75. The standard InChI is InChI=1S/C18H15ClO3/c1-4-14-15-8-12(19)5-6-16(15)22-10-11-7-13(20-2)9-17(21-3)18(11)14/h1,5-9,14H,10H2,2-3H3. The minimum atomic E-state index is -0.285. The van der Waals surface area contributed by atoms with Crippen LogP contribution in [0.4, 0.5) is 0 Å². The number of rotatable bonds is 2. The molecule has 4 heteroatoms.